The van der Waals surface area contributed by atoms with Crippen LogP contribution in [0.15, 0.2) is 17.8 Å². The summed E-state index contributed by atoms with van der Waals surface area (Å²) in [5, 5.41) is 6.97. The average Bonchev–Trinajstić information content (AvgIpc) is 3.17. The zero-order valence-corrected chi connectivity index (χ0v) is 12.6. The molecule has 6 nitrogen and oxygen atoms in total. The number of carbonyl (C=O) groups excluding carboxylic acids is 1. The molecule has 2 aromatic rings. The Labute approximate surface area is 127 Å². The maximum atomic E-state index is 10.7. The van der Waals surface area contributed by atoms with Crippen LogP contribution in [0.4, 0.5) is 0 Å². The third-order valence-electron chi connectivity index (χ3n) is 3.49. The van der Waals surface area contributed by atoms with E-state index in [1.807, 2.05) is 17.1 Å². The Morgan fingerprint density at radius 3 is 2.95 bits per heavy atom. The van der Waals surface area contributed by atoms with Crippen LogP contribution in [-0.2, 0) is 11.3 Å². The molecule has 3 heterocycles. The second-order valence-corrected chi connectivity index (χ2v) is 5.85. The molecule has 1 aliphatic rings. The molecule has 0 saturated carbocycles. The molecule has 0 aliphatic carbocycles. The van der Waals surface area contributed by atoms with Crippen LogP contribution in [0.25, 0.3) is 10.6 Å². The number of hydrogen-bond acceptors (Lipinski definition) is 6. The van der Waals surface area contributed by atoms with Crippen LogP contribution in [-0.4, -0.2) is 58.8 Å². The lowest BCUT2D eigenvalue weighted by Gasteiger charge is -2.26. The maximum absolute atomic E-state index is 10.7. The molecule has 0 amide bonds. The fourth-order valence-electron chi connectivity index (χ4n) is 2.35. The summed E-state index contributed by atoms with van der Waals surface area (Å²) in [5.41, 5.74) is 1.45. The van der Waals surface area contributed by atoms with Crippen molar-refractivity contribution < 1.29 is 9.53 Å². The maximum Gasteiger partial charge on any atom is 0.169 e. The number of ether oxygens (including phenoxy) is 1. The van der Waals surface area contributed by atoms with Crippen molar-refractivity contribution in [1.82, 2.24) is 19.7 Å². The Morgan fingerprint density at radius 2 is 2.19 bits per heavy atom. The fraction of sp³-hybridized carbons (Fsp3) is 0.500. The van der Waals surface area contributed by atoms with Crippen molar-refractivity contribution in [3.8, 4) is 10.6 Å². The van der Waals surface area contributed by atoms with Crippen LogP contribution in [0, 0.1) is 0 Å². The highest BCUT2D eigenvalue weighted by Crippen LogP contribution is 2.22. The Bertz CT molecular complexity index is 589. The molecular weight excluding hydrogens is 288 g/mol. The second-order valence-electron chi connectivity index (χ2n) is 5.00. The molecule has 0 N–H and O–H groups in total. The highest BCUT2D eigenvalue weighted by atomic mass is 32.1. The van der Waals surface area contributed by atoms with Crippen molar-refractivity contribution in [1.29, 1.82) is 0 Å². The molecule has 1 aliphatic heterocycles. The molecule has 0 aromatic carbocycles. The summed E-state index contributed by atoms with van der Waals surface area (Å²) in [5.74, 6) is 0. The number of nitrogens with zero attached hydrogens (tertiary/aromatic N) is 4. The summed E-state index contributed by atoms with van der Waals surface area (Å²) < 4.78 is 7.28. The van der Waals surface area contributed by atoms with Crippen LogP contribution < -0.4 is 0 Å². The summed E-state index contributed by atoms with van der Waals surface area (Å²) in [4.78, 5) is 17.3. The van der Waals surface area contributed by atoms with Crippen molar-refractivity contribution in [2.24, 2.45) is 0 Å². The highest BCUT2D eigenvalue weighted by Gasteiger charge is 2.10. The van der Waals surface area contributed by atoms with E-state index in [9.17, 15) is 4.79 Å². The van der Waals surface area contributed by atoms with E-state index in [0.717, 1.165) is 62.7 Å². The van der Waals surface area contributed by atoms with E-state index in [-0.39, 0.29) is 0 Å². The molecule has 0 spiro atoms. The number of morpholine rings is 1. The van der Waals surface area contributed by atoms with Crippen molar-refractivity contribution in [3.63, 3.8) is 0 Å². The normalized spacial score (nSPS) is 16.2. The number of aryl methyl sites for hydroxylation is 1. The quantitative estimate of drug-likeness (QED) is 0.758. The van der Waals surface area contributed by atoms with Gasteiger partial charge in [0, 0.05) is 43.3 Å². The van der Waals surface area contributed by atoms with Crippen LogP contribution in [0.1, 0.15) is 16.9 Å². The van der Waals surface area contributed by atoms with Crippen molar-refractivity contribution >= 4 is 17.6 Å². The first-order valence-electron chi connectivity index (χ1n) is 7.09. The van der Waals surface area contributed by atoms with Gasteiger partial charge in [-0.1, -0.05) is 0 Å². The molecule has 0 unspecified atom stereocenters. The molecule has 0 atom stereocenters. The third-order valence-corrected chi connectivity index (χ3v) is 4.40. The number of carbonyl (C=O) groups is 1. The predicted molar refractivity (Wildman–Crippen MR) is 80.6 cm³/mol. The lowest BCUT2D eigenvalue weighted by Crippen LogP contribution is -2.37. The topological polar surface area (TPSA) is 60.2 Å². The molecule has 7 heteroatoms. The molecule has 0 bridgehead atoms. The third kappa shape index (κ3) is 3.75. The Hall–Kier alpha value is -1.57. The van der Waals surface area contributed by atoms with E-state index in [2.05, 4.69) is 15.0 Å². The number of hydrogen-bond donors (Lipinski definition) is 0. The molecule has 3 rings (SSSR count). The van der Waals surface area contributed by atoms with Crippen LogP contribution in [0.2, 0.25) is 0 Å². The standard InChI is InChI=1S/C14H18N4O2S/c19-10-13-11-21-14(16-13)12-8-15-18(9-12)3-1-2-17-4-6-20-7-5-17/h8-11H,1-7H2. The van der Waals surface area contributed by atoms with Crippen LogP contribution in [0.5, 0.6) is 0 Å². The lowest BCUT2D eigenvalue weighted by molar-refractivity contribution is 0.0368. The van der Waals surface area contributed by atoms with E-state index in [1.165, 1.54) is 11.3 Å². The van der Waals surface area contributed by atoms with Crippen molar-refractivity contribution in [2.75, 3.05) is 32.8 Å². The van der Waals surface area contributed by atoms with Gasteiger partial charge >= 0.3 is 0 Å². The monoisotopic (exact) mass is 306 g/mol. The van der Waals surface area contributed by atoms with E-state index in [1.54, 1.807) is 5.38 Å². The number of aromatic nitrogens is 3. The van der Waals surface area contributed by atoms with Gasteiger partial charge in [-0.15, -0.1) is 11.3 Å². The summed E-state index contributed by atoms with van der Waals surface area (Å²) in [6.45, 7) is 5.70. The zero-order chi connectivity index (χ0) is 14.5. The minimum atomic E-state index is 0.482. The summed E-state index contributed by atoms with van der Waals surface area (Å²) in [6.07, 6.45) is 5.64. The zero-order valence-electron chi connectivity index (χ0n) is 11.8. The molecule has 112 valence electrons. The number of rotatable bonds is 6. The van der Waals surface area contributed by atoms with Gasteiger partial charge in [-0.3, -0.25) is 14.4 Å². The molecule has 0 radical (unpaired) electrons. The van der Waals surface area contributed by atoms with Crippen molar-refractivity contribution in [3.05, 3.63) is 23.5 Å². The molecule has 2 aromatic heterocycles. The Kier molecular flexibility index (Phi) is 4.74. The fourth-order valence-corrected chi connectivity index (χ4v) is 3.09. The van der Waals surface area contributed by atoms with Gasteiger partial charge in [0.1, 0.15) is 10.7 Å². The highest BCUT2D eigenvalue weighted by molar-refractivity contribution is 7.13. The molecule has 21 heavy (non-hydrogen) atoms. The van der Waals surface area contributed by atoms with Gasteiger partial charge < -0.3 is 4.74 Å². The number of thiazole rings is 1. The number of aldehydes is 1. The van der Waals surface area contributed by atoms with Crippen LogP contribution >= 0.6 is 11.3 Å². The SMILES string of the molecule is O=Cc1csc(-c2cnn(CCCN3CCOCC3)c2)n1. The van der Waals surface area contributed by atoms with Gasteiger partial charge in [0.15, 0.2) is 6.29 Å². The van der Waals surface area contributed by atoms with E-state index >= 15 is 0 Å². The molecule has 1 saturated heterocycles. The van der Waals surface area contributed by atoms with Gasteiger partial charge in [0.2, 0.25) is 0 Å². The Morgan fingerprint density at radius 1 is 1.33 bits per heavy atom. The lowest BCUT2D eigenvalue weighted by atomic mass is 10.3. The minimum Gasteiger partial charge on any atom is -0.379 e. The molecular formula is C14H18N4O2S. The van der Waals surface area contributed by atoms with E-state index in [4.69, 9.17) is 4.74 Å². The first kappa shape index (κ1) is 14.4. The largest absolute Gasteiger partial charge is 0.379 e. The second kappa shape index (κ2) is 6.93. The first-order chi connectivity index (χ1) is 10.3. The first-order valence-corrected chi connectivity index (χ1v) is 7.97. The van der Waals surface area contributed by atoms with Crippen molar-refractivity contribution in [2.45, 2.75) is 13.0 Å². The van der Waals surface area contributed by atoms with E-state index < -0.39 is 0 Å². The van der Waals surface area contributed by atoms with Gasteiger partial charge in [-0.2, -0.15) is 5.10 Å². The predicted octanol–water partition coefficient (Wildman–Crippen LogP) is 1.54. The summed E-state index contributed by atoms with van der Waals surface area (Å²) >= 11 is 1.47. The minimum absolute atomic E-state index is 0.482. The van der Waals surface area contributed by atoms with Crippen LogP contribution in [0.3, 0.4) is 0 Å². The van der Waals surface area contributed by atoms with Gasteiger partial charge in [-0.25, -0.2) is 4.98 Å². The van der Waals surface area contributed by atoms with Gasteiger partial charge in [-0.05, 0) is 6.42 Å². The average molecular weight is 306 g/mol. The molecule has 1 fully saturated rings. The smallest absolute Gasteiger partial charge is 0.169 e. The Balaban J connectivity index is 1.51. The summed E-state index contributed by atoms with van der Waals surface area (Å²) in [6, 6.07) is 0. The van der Waals surface area contributed by atoms with Gasteiger partial charge in [0.05, 0.1) is 19.4 Å². The van der Waals surface area contributed by atoms with E-state index in [0.29, 0.717) is 5.69 Å². The summed E-state index contributed by atoms with van der Waals surface area (Å²) in [7, 11) is 0. The van der Waals surface area contributed by atoms with Gasteiger partial charge in [0.25, 0.3) is 0 Å².